The van der Waals surface area contributed by atoms with Gasteiger partial charge in [-0.05, 0) is 57.3 Å². The van der Waals surface area contributed by atoms with Crippen LogP contribution in [0.15, 0.2) is 18.2 Å². The first-order valence-corrected chi connectivity index (χ1v) is 6.76. The van der Waals surface area contributed by atoms with E-state index in [1.807, 2.05) is 0 Å². The molecule has 1 saturated heterocycles. The molecule has 1 atom stereocenters. The van der Waals surface area contributed by atoms with Crippen molar-refractivity contribution in [3.05, 3.63) is 34.9 Å². The molecule has 17 heavy (non-hydrogen) atoms. The van der Waals surface area contributed by atoms with E-state index in [0.29, 0.717) is 0 Å². The van der Waals surface area contributed by atoms with Gasteiger partial charge in [-0.2, -0.15) is 0 Å². The van der Waals surface area contributed by atoms with Gasteiger partial charge in [0.15, 0.2) is 0 Å². The summed E-state index contributed by atoms with van der Waals surface area (Å²) in [6.07, 6.45) is 3.96. The molecular formula is C15H24N2. The molecule has 2 nitrogen and oxygen atoms in total. The van der Waals surface area contributed by atoms with E-state index in [9.17, 15) is 0 Å². The topological polar surface area (TPSA) is 24.1 Å². The summed E-state index contributed by atoms with van der Waals surface area (Å²) in [4.78, 5) is 0. The zero-order valence-corrected chi connectivity index (χ0v) is 11.1. The maximum atomic E-state index is 3.56. The fourth-order valence-electron chi connectivity index (χ4n) is 2.49. The second-order valence-electron chi connectivity index (χ2n) is 5.19. The van der Waals surface area contributed by atoms with E-state index in [-0.39, 0.29) is 0 Å². The summed E-state index contributed by atoms with van der Waals surface area (Å²) in [6, 6.07) is 7.43. The third-order valence-electron chi connectivity index (χ3n) is 3.65. The van der Waals surface area contributed by atoms with E-state index in [0.717, 1.165) is 19.1 Å². The minimum Gasteiger partial charge on any atom is -0.314 e. The van der Waals surface area contributed by atoms with Crippen LogP contribution in [0.5, 0.6) is 0 Å². The largest absolute Gasteiger partial charge is 0.314 e. The standard InChI is InChI=1S/C15H24N2/c1-12-5-6-13(2)14(10-12)11-16-9-7-15-4-3-8-17-15/h5-6,10,15-17H,3-4,7-9,11H2,1-2H3. The highest BCUT2D eigenvalue weighted by Crippen LogP contribution is 2.11. The molecule has 94 valence electrons. The Hall–Kier alpha value is -0.860. The molecule has 1 aliphatic rings. The van der Waals surface area contributed by atoms with Crippen LogP contribution in [0.25, 0.3) is 0 Å². The van der Waals surface area contributed by atoms with Crippen molar-refractivity contribution in [1.82, 2.24) is 10.6 Å². The highest BCUT2D eigenvalue weighted by molar-refractivity contribution is 5.30. The molecule has 1 heterocycles. The molecule has 0 aliphatic carbocycles. The minimum absolute atomic E-state index is 0.751. The van der Waals surface area contributed by atoms with Crippen LogP contribution >= 0.6 is 0 Å². The van der Waals surface area contributed by atoms with E-state index in [1.54, 1.807) is 0 Å². The molecular weight excluding hydrogens is 208 g/mol. The third kappa shape index (κ3) is 3.83. The molecule has 1 fully saturated rings. The van der Waals surface area contributed by atoms with Gasteiger partial charge in [0.2, 0.25) is 0 Å². The van der Waals surface area contributed by atoms with Crippen molar-refractivity contribution in [2.75, 3.05) is 13.1 Å². The molecule has 1 aliphatic heterocycles. The molecule has 2 rings (SSSR count). The predicted molar refractivity (Wildman–Crippen MR) is 73.3 cm³/mol. The normalized spacial score (nSPS) is 19.8. The Balaban J connectivity index is 1.72. The highest BCUT2D eigenvalue weighted by atomic mass is 14.9. The number of hydrogen-bond donors (Lipinski definition) is 2. The maximum Gasteiger partial charge on any atom is 0.0208 e. The molecule has 0 amide bonds. The second-order valence-corrected chi connectivity index (χ2v) is 5.19. The molecule has 2 N–H and O–H groups in total. The minimum atomic E-state index is 0.751. The Kier molecular flexibility index (Phi) is 4.57. The van der Waals surface area contributed by atoms with Gasteiger partial charge in [-0.1, -0.05) is 23.8 Å². The van der Waals surface area contributed by atoms with Crippen LogP contribution in [0.2, 0.25) is 0 Å². The lowest BCUT2D eigenvalue weighted by molar-refractivity contribution is 0.523. The molecule has 0 saturated carbocycles. The Morgan fingerprint density at radius 2 is 2.24 bits per heavy atom. The van der Waals surface area contributed by atoms with E-state index in [2.05, 4.69) is 42.7 Å². The Morgan fingerprint density at radius 1 is 1.35 bits per heavy atom. The van der Waals surface area contributed by atoms with Crippen LogP contribution < -0.4 is 10.6 Å². The van der Waals surface area contributed by atoms with Crippen LogP contribution in [0, 0.1) is 13.8 Å². The number of nitrogens with one attached hydrogen (secondary N) is 2. The summed E-state index contributed by atoms with van der Waals surface area (Å²) in [5.74, 6) is 0. The van der Waals surface area contributed by atoms with Gasteiger partial charge in [0.25, 0.3) is 0 Å². The first-order chi connectivity index (χ1) is 8.25. The zero-order valence-electron chi connectivity index (χ0n) is 11.1. The average molecular weight is 232 g/mol. The maximum absolute atomic E-state index is 3.56. The summed E-state index contributed by atoms with van der Waals surface area (Å²) in [7, 11) is 0. The van der Waals surface area contributed by atoms with Gasteiger partial charge >= 0.3 is 0 Å². The van der Waals surface area contributed by atoms with E-state index >= 15 is 0 Å². The first kappa shape index (κ1) is 12.6. The second kappa shape index (κ2) is 6.18. The Labute approximate surface area is 105 Å². The Bertz CT molecular complexity index is 354. The van der Waals surface area contributed by atoms with Crippen LogP contribution in [0.4, 0.5) is 0 Å². The summed E-state index contributed by atoms with van der Waals surface area (Å²) in [6.45, 7) is 7.67. The molecule has 1 unspecified atom stereocenters. The van der Waals surface area contributed by atoms with Crippen molar-refractivity contribution >= 4 is 0 Å². The Morgan fingerprint density at radius 3 is 3.00 bits per heavy atom. The average Bonchev–Trinajstić information content (AvgIpc) is 2.82. The van der Waals surface area contributed by atoms with Gasteiger partial charge in [-0.25, -0.2) is 0 Å². The highest BCUT2D eigenvalue weighted by Gasteiger charge is 2.12. The van der Waals surface area contributed by atoms with Gasteiger partial charge in [-0.3, -0.25) is 0 Å². The van der Waals surface area contributed by atoms with Crippen LogP contribution in [0.1, 0.15) is 36.0 Å². The van der Waals surface area contributed by atoms with E-state index in [4.69, 9.17) is 0 Å². The van der Waals surface area contributed by atoms with Gasteiger partial charge < -0.3 is 10.6 Å². The molecule has 2 heteroatoms. The van der Waals surface area contributed by atoms with Crippen molar-refractivity contribution in [3.8, 4) is 0 Å². The summed E-state index contributed by atoms with van der Waals surface area (Å²) >= 11 is 0. The van der Waals surface area contributed by atoms with Crippen molar-refractivity contribution in [2.24, 2.45) is 0 Å². The molecule has 1 aromatic rings. The lowest BCUT2D eigenvalue weighted by Crippen LogP contribution is -2.27. The van der Waals surface area contributed by atoms with Gasteiger partial charge in [0, 0.05) is 12.6 Å². The van der Waals surface area contributed by atoms with Crippen LogP contribution in [-0.2, 0) is 6.54 Å². The molecule has 0 aromatic heterocycles. The zero-order chi connectivity index (χ0) is 12.1. The van der Waals surface area contributed by atoms with Crippen molar-refractivity contribution in [2.45, 2.75) is 45.7 Å². The molecule has 0 spiro atoms. The van der Waals surface area contributed by atoms with Crippen molar-refractivity contribution < 1.29 is 0 Å². The fourth-order valence-corrected chi connectivity index (χ4v) is 2.49. The SMILES string of the molecule is Cc1ccc(C)c(CNCCC2CCCN2)c1. The number of hydrogen-bond acceptors (Lipinski definition) is 2. The van der Waals surface area contributed by atoms with Crippen LogP contribution in [-0.4, -0.2) is 19.1 Å². The third-order valence-corrected chi connectivity index (χ3v) is 3.65. The van der Waals surface area contributed by atoms with Crippen molar-refractivity contribution in [1.29, 1.82) is 0 Å². The number of aryl methyl sites for hydroxylation is 2. The predicted octanol–water partition coefficient (Wildman–Crippen LogP) is 2.54. The lowest BCUT2D eigenvalue weighted by Gasteiger charge is -2.12. The summed E-state index contributed by atoms with van der Waals surface area (Å²) in [5.41, 5.74) is 4.18. The van der Waals surface area contributed by atoms with Gasteiger partial charge in [-0.15, -0.1) is 0 Å². The van der Waals surface area contributed by atoms with E-state index < -0.39 is 0 Å². The number of benzene rings is 1. The first-order valence-electron chi connectivity index (χ1n) is 6.76. The van der Waals surface area contributed by atoms with Gasteiger partial charge in [0.05, 0.1) is 0 Å². The molecule has 1 aromatic carbocycles. The quantitative estimate of drug-likeness (QED) is 0.762. The summed E-state index contributed by atoms with van der Waals surface area (Å²) in [5, 5.41) is 7.09. The monoisotopic (exact) mass is 232 g/mol. The number of rotatable bonds is 5. The lowest BCUT2D eigenvalue weighted by atomic mass is 10.1. The smallest absolute Gasteiger partial charge is 0.0208 e. The molecule has 0 radical (unpaired) electrons. The van der Waals surface area contributed by atoms with E-state index in [1.165, 1.54) is 42.5 Å². The van der Waals surface area contributed by atoms with Crippen molar-refractivity contribution in [3.63, 3.8) is 0 Å². The summed E-state index contributed by atoms with van der Waals surface area (Å²) < 4.78 is 0. The van der Waals surface area contributed by atoms with Crippen LogP contribution in [0.3, 0.4) is 0 Å². The molecule has 0 bridgehead atoms. The van der Waals surface area contributed by atoms with Gasteiger partial charge in [0.1, 0.15) is 0 Å². The fraction of sp³-hybridized carbons (Fsp3) is 0.600.